The van der Waals surface area contributed by atoms with Crippen LogP contribution in [0.3, 0.4) is 0 Å². The Balaban J connectivity index is 3.10. The number of rotatable bonds is 3. The van der Waals surface area contributed by atoms with Gasteiger partial charge in [0.2, 0.25) is 0 Å². The molecule has 0 aliphatic carbocycles. The van der Waals surface area contributed by atoms with Gasteiger partial charge in [-0.15, -0.1) is 0 Å². The molecule has 0 aliphatic rings. The quantitative estimate of drug-likeness (QED) is 0.673. The molecule has 0 unspecified atom stereocenters. The Labute approximate surface area is 70.8 Å². The zero-order valence-corrected chi connectivity index (χ0v) is 7.42. The van der Waals surface area contributed by atoms with Crippen molar-refractivity contribution in [1.82, 2.24) is 9.78 Å². The number of H-pyrrole nitrogens is 1. The monoisotopic (exact) mass is 170 g/mol. The Morgan fingerprint density at radius 3 is 2.67 bits per heavy atom. The SMILES string of the molecule is CCn1[nH]c(C)c(CCO)c1=O. The zero-order valence-electron chi connectivity index (χ0n) is 7.42. The summed E-state index contributed by atoms with van der Waals surface area (Å²) < 4.78 is 1.54. The molecule has 0 aromatic carbocycles. The molecule has 4 nitrogen and oxygen atoms in total. The van der Waals surface area contributed by atoms with E-state index in [1.54, 1.807) is 4.68 Å². The van der Waals surface area contributed by atoms with Crippen molar-refractivity contribution in [1.29, 1.82) is 0 Å². The van der Waals surface area contributed by atoms with Crippen LogP contribution in [0.1, 0.15) is 18.2 Å². The van der Waals surface area contributed by atoms with E-state index in [-0.39, 0.29) is 12.2 Å². The Hall–Kier alpha value is -1.03. The second kappa shape index (κ2) is 3.58. The van der Waals surface area contributed by atoms with Gasteiger partial charge in [0.15, 0.2) is 0 Å². The number of hydrogen-bond acceptors (Lipinski definition) is 2. The highest BCUT2D eigenvalue weighted by atomic mass is 16.3. The van der Waals surface area contributed by atoms with Crippen molar-refractivity contribution >= 4 is 0 Å². The highest BCUT2D eigenvalue weighted by molar-refractivity contribution is 5.15. The maximum absolute atomic E-state index is 11.4. The van der Waals surface area contributed by atoms with Gasteiger partial charge in [-0.25, -0.2) is 0 Å². The predicted molar refractivity (Wildman–Crippen MR) is 46.3 cm³/mol. The number of nitrogens with one attached hydrogen (secondary N) is 1. The summed E-state index contributed by atoms with van der Waals surface area (Å²) in [6.07, 6.45) is 0.439. The fourth-order valence-corrected chi connectivity index (χ4v) is 1.27. The van der Waals surface area contributed by atoms with Gasteiger partial charge in [-0.3, -0.25) is 14.6 Å². The minimum absolute atomic E-state index is 0.0101. The molecule has 1 aromatic heterocycles. The van der Waals surface area contributed by atoms with Crippen molar-refractivity contribution in [2.45, 2.75) is 26.8 Å². The zero-order chi connectivity index (χ0) is 9.14. The Morgan fingerprint density at radius 1 is 1.58 bits per heavy atom. The third kappa shape index (κ3) is 1.43. The van der Waals surface area contributed by atoms with Gasteiger partial charge in [0.05, 0.1) is 0 Å². The number of aromatic amines is 1. The van der Waals surface area contributed by atoms with Gasteiger partial charge in [0, 0.05) is 30.8 Å². The van der Waals surface area contributed by atoms with E-state index in [0.29, 0.717) is 18.5 Å². The van der Waals surface area contributed by atoms with Crippen LogP contribution in [0.2, 0.25) is 0 Å². The van der Waals surface area contributed by atoms with E-state index in [1.807, 2.05) is 13.8 Å². The topological polar surface area (TPSA) is 58.0 Å². The minimum atomic E-state index is -0.0101. The van der Waals surface area contributed by atoms with Gasteiger partial charge in [-0.2, -0.15) is 0 Å². The molecule has 0 radical (unpaired) electrons. The lowest BCUT2D eigenvalue weighted by molar-refractivity contribution is 0.299. The molecule has 0 bridgehead atoms. The molecule has 0 atom stereocenters. The van der Waals surface area contributed by atoms with E-state index in [1.165, 1.54) is 0 Å². The third-order valence-corrected chi connectivity index (χ3v) is 1.94. The third-order valence-electron chi connectivity index (χ3n) is 1.94. The molecule has 0 saturated carbocycles. The molecule has 2 N–H and O–H groups in total. The van der Waals surface area contributed by atoms with E-state index >= 15 is 0 Å². The average Bonchev–Trinajstić information content (AvgIpc) is 2.32. The number of nitrogens with zero attached hydrogens (tertiary/aromatic N) is 1. The van der Waals surface area contributed by atoms with Gasteiger partial charge in [-0.1, -0.05) is 0 Å². The summed E-state index contributed by atoms with van der Waals surface area (Å²) in [5.41, 5.74) is 1.54. The molecule has 12 heavy (non-hydrogen) atoms. The van der Waals surface area contributed by atoms with Crippen LogP contribution < -0.4 is 5.56 Å². The largest absolute Gasteiger partial charge is 0.396 e. The second-order valence-electron chi connectivity index (χ2n) is 2.74. The number of aliphatic hydroxyl groups is 1. The van der Waals surface area contributed by atoms with Gasteiger partial charge in [0.1, 0.15) is 0 Å². The summed E-state index contributed by atoms with van der Waals surface area (Å²) in [5.74, 6) is 0. The maximum atomic E-state index is 11.4. The van der Waals surface area contributed by atoms with E-state index in [4.69, 9.17) is 5.11 Å². The van der Waals surface area contributed by atoms with E-state index in [9.17, 15) is 4.79 Å². The van der Waals surface area contributed by atoms with Gasteiger partial charge < -0.3 is 5.11 Å². The minimum Gasteiger partial charge on any atom is -0.396 e. The predicted octanol–water partition coefficient (Wildman–Crippen LogP) is 0.0395. The Bertz CT molecular complexity index is 311. The first-order chi connectivity index (χ1) is 5.70. The van der Waals surface area contributed by atoms with Crippen LogP contribution in [-0.2, 0) is 13.0 Å². The number of aliphatic hydroxyl groups excluding tert-OH is 1. The van der Waals surface area contributed by atoms with Gasteiger partial charge in [0.25, 0.3) is 5.56 Å². The first-order valence-electron chi connectivity index (χ1n) is 4.09. The highest BCUT2D eigenvalue weighted by Gasteiger charge is 2.08. The summed E-state index contributed by atoms with van der Waals surface area (Å²) in [4.78, 5) is 11.4. The van der Waals surface area contributed by atoms with Gasteiger partial charge >= 0.3 is 0 Å². The van der Waals surface area contributed by atoms with Crippen molar-refractivity contribution in [2.24, 2.45) is 0 Å². The lowest BCUT2D eigenvalue weighted by Gasteiger charge is -1.91. The van der Waals surface area contributed by atoms with Crippen molar-refractivity contribution in [3.05, 3.63) is 21.6 Å². The fraction of sp³-hybridized carbons (Fsp3) is 0.625. The smallest absolute Gasteiger partial charge is 0.269 e. The van der Waals surface area contributed by atoms with Crippen molar-refractivity contribution < 1.29 is 5.11 Å². The summed E-state index contributed by atoms with van der Waals surface area (Å²) in [6.45, 7) is 4.42. The summed E-state index contributed by atoms with van der Waals surface area (Å²) in [6, 6.07) is 0. The number of hydrogen-bond donors (Lipinski definition) is 2. The van der Waals surface area contributed by atoms with E-state index in [2.05, 4.69) is 5.10 Å². The lowest BCUT2D eigenvalue weighted by Crippen LogP contribution is -2.18. The maximum Gasteiger partial charge on any atom is 0.269 e. The normalized spacial score (nSPS) is 10.6. The molecule has 1 rings (SSSR count). The molecule has 4 heteroatoms. The van der Waals surface area contributed by atoms with Crippen LogP contribution in [0, 0.1) is 6.92 Å². The molecule has 0 spiro atoms. The molecule has 0 aliphatic heterocycles. The van der Waals surface area contributed by atoms with E-state index < -0.39 is 0 Å². The Kier molecular flexibility index (Phi) is 2.70. The molecule has 0 saturated heterocycles. The van der Waals surface area contributed by atoms with Crippen LogP contribution >= 0.6 is 0 Å². The first kappa shape index (κ1) is 9.06. The van der Waals surface area contributed by atoms with Crippen LogP contribution in [-0.4, -0.2) is 21.5 Å². The van der Waals surface area contributed by atoms with Crippen LogP contribution in [0.25, 0.3) is 0 Å². The molecule has 1 aromatic rings. The average molecular weight is 170 g/mol. The van der Waals surface area contributed by atoms with E-state index in [0.717, 1.165) is 5.69 Å². The molecule has 0 amide bonds. The van der Waals surface area contributed by atoms with Crippen LogP contribution in [0.5, 0.6) is 0 Å². The van der Waals surface area contributed by atoms with Crippen molar-refractivity contribution in [2.75, 3.05) is 6.61 Å². The summed E-state index contributed by atoms with van der Waals surface area (Å²) in [7, 11) is 0. The molecule has 1 heterocycles. The highest BCUT2D eigenvalue weighted by Crippen LogP contribution is 1.99. The number of aromatic nitrogens is 2. The van der Waals surface area contributed by atoms with Crippen molar-refractivity contribution in [3.63, 3.8) is 0 Å². The molecule has 68 valence electrons. The molecule has 0 fully saturated rings. The summed E-state index contributed by atoms with van der Waals surface area (Å²) in [5, 5.41) is 11.6. The second-order valence-corrected chi connectivity index (χ2v) is 2.74. The van der Waals surface area contributed by atoms with Crippen LogP contribution in [0.15, 0.2) is 4.79 Å². The molecular formula is C8H14N2O2. The van der Waals surface area contributed by atoms with Gasteiger partial charge in [-0.05, 0) is 13.8 Å². The first-order valence-corrected chi connectivity index (χ1v) is 4.09. The molecular weight excluding hydrogens is 156 g/mol. The number of aryl methyl sites for hydroxylation is 2. The summed E-state index contributed by atoms with van der Waals surface area (Å²) >= 11 is 0. The van der Waals surface area contributed by atoms with Crippen LogP contribution in [0.4, 0.5) is 0 Å². The van der Waals surface area contributed by atoms with Crippen molar-refractivity contribution in [3.8, 4) is 0 Å². The fourth-order valence-electron chi connectivity index (χ4n) is 1.27. The standard InChI is InChI=1S/C8H14N2O2/c1-3-10-8(12)7(4-5-11)6(2)9-10/h9,11H,3-5H2,1-2H3. The Morgan fingerprint density at radius 2 is 2.25 bits per heavy atom. The lowest BCUT2D eigenvalue weighted by atomic mass is 10.2.